The Morgan fingerprint density at radius 2 is 1.47 bits per heavy atom. The van der Waals surface area contributed by atoms with Crippen LogP contribution >= 0.6 is 11.3 Å². The zero-order chi connectivity index (χ0) is 33.3. The van der Waals surface area contributed by atoms with Gasteiger partial charge < -0.3 is 24.6 Å². The third-order valence-corrected chi connectivity index (χ3v) is 9.47. The fourth-order valence-electron chi connectivity index (χ4n) is 5.76. The van der Waals surface area contributed by atoms with Gasteiger partial charge in [-0.2, -0.15) is 0 Å². The highest BCUT2D eigenvalue weighted by molar-refractivity contribution is 7.22. The highest BCUT2D eigenvalue weighted by Gasteiger charge is 2.26. The number of carbonyl (C=O) groups excluding carboxylic acids is 2. The molecule has 0 spiro atoms. The largest absolute Gasteiger partial charge is 0.492 e. The first-order chi connectivity index (χ1) is 22.7. The number of thiophene rings is 1. The van der Waals surface area contributed by atoms with Crippen LogP contribution in [0.25, 0.3) is 20.5 Å². The SMILES string of the molecule is CC(COc1ccc(C(=O)c2c(-c3ccc(OCCN4CCCC4)cc3)sc3ccccc23)cc1)N1CCCC1=O.O=C(O)C(=O)O. The van der Waals surface area contributed by atoms with E-state index in [2.05, 4.69) is 23.1 Å². The maximum atomic E-state index is 13.9. The van der Waals surface area contributed by atoms with Gasteiger partial charge in [0, 0.05) is 45.6 Å². The lowest BCUT2D eigenvalue weighted by Crippen LogP contribution is -2.38. The van der Waals surface area contributed by atoms with Gasteiger partial charge >= 0.3 is 11.9 Å². The van der Waals surface area contributed by atoms with E-state index >= 15 is 0 Å². The normalized spacial score (nSPS) is 15.3. The molecule has 3 aromatic carbocycles. The van der Waals surface area contributed by atoms with Crippen molar-refractivity contribution in [2.75, 3.05) is 39.4 Å². The van der Waals surface area contributed by atoms with E-state index < -0.39 is 11.9 Å². The fourth-order valence-corrected chi connectivity index (χ4v) is 6.97. The second-order valence-electron chi connectivity index (χ2n) is 11.5. The molecular weight excluding hydrogens is 620 g/mol. The van der Waals surface area contributed by atoms with Crippen molar-refractivity contribution in [1.82, 2.24) is 9.80 Å². The van der Waals surface area contributed by atoms with Gasteiger partial charge in [0.25, 0.3) is 0 Å². The zero-order valence-electron chi connectivity index (χ0n) is 26.2. The molecule has 2 saturated heterocycles. The van der Waals surface area contributed by atoms with Crippen molar-refractivity contribution in [3.8, 4) is 21.9 Å². The first-order valence-electron chi connectivity index (χ1n) is 15.7. The summed E-state index contributed by atoms with van der Waals surface area (Å²) in [6.45, 7) is 7.20. The number of fused-ring (bicyclic) bond motifs is 1. The predicted octanol–water partition coefficient (Wildman–Crippen LogP) is 5.82. The summed E-state index contributed by atoms with van der Waals surface area (Å²) in [5.41, 5.74) is 2.35. The van der Waals surface area contributed by atoms with Crippen molar-refractivity contribution in [3.63, 3.8) is 0 Å². The quantitative estimate of drug-likeness (QED) is 0.151. The summed E-state index contributed by atoms with van der Waals surface area (Å²) >= 11 is 1.64. The van der Waals surface area contributed by atoms with E-state index in [-0.39, 0.29) is 17.7 Å². The molecule has 3 heterocycles. The van der Waals surface area contributed by atoms with Gasteiger partial charge in [0.15, 0.2) is 5.78 Å². The molecule has 10 nitrogen and oxygen atoms in total. The van der Waals surface area contributed by atoms with Crippen LogP contribution in [0.15, 0.2) is 72.8 Å². The Morgan fingerprint density at radius 3 is 2.11 bits per heavy atom. The topological polar surface area (TPSA) is 134 Å². The minimum atomic E-state index is -1.82. The molecule has 0 bridgehead atoms. The van der Waals surface area contributed by atoms with Crippen LogP contribution < -0.4 is 9.47 Å². The van der Waals surface area contributed by atoms with Crippen molar-refractivity contribution in [1.29, 1.82) is 0 Å². The summed E-state index contributed by atoms with van der Waals surface area (Å²) < 4.78 is 13.1. The number of amides is 1. The van der Waals surface area contributed by atoms with Crippen molar-refractivity contribution in [3.05, 3.63) is 83.9 Å². The number of ether oxygens (including phenoxy) is 2. The second-order valence-corrected chi connectivity index (χ2v) is 12.6. The van der Waals surface area contributed by atoms with Gasteiger partial charge in [-0.15, -0.1) is 11.3 Å². The number of likely N-dealkylation sites (tertiary alicyclic amines) is 2. The van der Waals surface area contributed by atoms with Gasteiger partial charge in [0.2, 0.25) is 5.91 Å². The van der Waals surface area contributed by atoms with E-state index in [1.807, 2.05) is 66.4 Å². The van der Waals surface area contributed by atoms with Gasteiger partial charge in [-0.25, -0.2) is 9.59 Å². The molecule has 0 radical (unpaired) electrons. The number of rotatable bonds is 11. The monoisotopic (exact) mass is 658 g/mol. The Labute approximate surface area is 277 Å². The Balaban J connectivity index is 0.000000662. The van der Waals surface area contributed by atoms with Gasteiger partial charge in [0.1, 0.15) is 24.7 Å². The smallest absolute Gasteiger partial charge is 0.414 e. The molecule has 0 aliphatic carbocycles. The molecular formula is C36H38N2O8S. The van der Waals surface area contributed by atoms with Crippen LogP contribution in [0.3, 0.4) is 0 Å². The lowest BCUT2D eigenvalue weighted by atomic mass is 9.97. The molecule has 1 unspecified atom stereocenters. The molecule has 4 aromatic rings. The standard InChI is InChI=1S/C34H36N2O4S.C2H2O4/c1-24(36-20-6-9-31(36)37)23-40-28-14-10-25(11-15-28)33(38)32-29-7-2-3-8-30(29)41-34(32)26-12-16-27(17-13-26)39-22-21-35-18-4-5-19-35;3-1(4)2(5)6/h2-3,7-8,10-17,24H,4-6,9,18-23H2,1H3;(H,3,4)(H,5,6). The number of aliphatic carboxylic acids is 2. The van der Waals surface area contributed by atoms with Gasteiger partial charge in [-0.3, -0.25) is 14.5 Å². The van der Waals surface area contributed by atoms with Gasteiger partial charge in [-0.05, 0) is 99.4 Å². The Morgan fingerprint density at radius 1 is 0.830 bits per heavy atom. The molecule has 6 rings (SSSR count). The first kappa shape index (κ1) is 33.6. The molecule has 1 aromatic heterocycles. The van der Waals surface area contributed by atoms with Crippen molar-refractivity contribution < 1.29 is 38.9 Å². The number of benzene rings is 3. The van der Waals surface area contributed by atoms with E-state index in [0.717, 1.165) is 51.4 Å². The van der Waals surface area contributed by atoms with Crippen molar-refractivity contribution in [2.45, 2.75) is 38.6 Å². The van der Waals surface area contributed by atoms with E-state index in [1.54, 1.807) is 11.3 Å². The molecule has 2 aliphatic rings. The number of hydrogen-bond donors (Lipinski definition) is 2. The van der Waals surface area contributed by atoms with Crippen LogP contribution in [0.4, 0.5) is 0 Å². The molecule has 2 fully saturated rings. The molecule has 1 atom stereocenters. The van der Waals surface area contributed by atoms with Crippen LogP contribution in [0.2, 0.25) is 0 Å². The molecule has 47 heavy (non-hydrogen) atoms. The lowest BCUT2D eigenvalue weighted by Gasteiger charge is -2.24. The maximum absolute atomic E-state index is 13.9. The number of ketones is 1. The average Bonchev–Trinajstić information content (AvgIpc) is 3.84. The van der Waals surface area contributed by atoms with Crippen LogP contribution in [0.5, 0.6) is 11.5 Å². The van der Waals surface area contributed by atoms with Crippen LogP contribution in [-0.4, -0.2) is 89.1 Å². The highest BCUT2D eigenvalue weighted by atomic mass is 32.1. The van der Waals surface area contributed by atoms with Gasteiger partial charge in [0.05, 0.1) is 6.04 Å². The van der Waals surface area contributed by atoms with Crippen LogP contribution in [-0.2, 0) is 14.4 Å². The van der Waals surface area contributed by atoms with Crippen LogP contribution in [0, 0.1) is 0 Å². The summed E-state index contributed by atoms with van der Waals surface area (Å²) in [5.74, 6) is -1.92. The molecule has 2 aliphatic heterocycles. The number of nitrogens with zero attached hydrogens (tertiary/aromatic N) is 2. The zero-order valence-corrected chi connectivity index (χ0v) is 27.0. The molecule has 11 heteroatoms. The minimum Gasteiger partial charge on any atom is -0.492 e. The van der Waals surface area contributed by atoms with Gasteiger partial charge in [-0.1, -0.05) is 18.2 Å². The summed E-state index contributed by atoms with van der Waals surface area (Å²) in [5, 5.41) is 15.7. The van der Waals surface area contributed by atoms with Crippen molar-refractivity contribution in [2.24, 2.45) is 0 Å². The summed E-state index contributed by atoms with van der Waals surface area (Å²) in [6.07, 6.45) is 4.10. The molecule has 0 saturated carbocycles. The summed E-state index contributed by atoms with van der Waals surface area (Å²) in [7, 11) is 0. The van der Waals surface area contributed by atoms with E-state index in [1.165, 1.54) is 25.9 Å². The average molecular weight is 659 g/mol. The number of carbonyl (C=O) groups is 4. The third kappa shape index (κ3) is 8.55. The molecule has 1 amide bonds. The second kappa shape index (κ2) is 15.7. The molecule has 246 valence electrons. The minimum absolute atomic E-state index is 0.00836. The summed E-state index contributed by atoms with van der Waals surface area (Å²) in [6, 6.07) is 23.6. The maximum Gasteiger partial charge on any atom is 0.414 e. The number of carboxylic acid groups (broad SMARTS) is 2. The van der Waals surface area contributed by atoms with E-state index in [0.29, 0.717) is 30.9 Å². The van der Waals surface area contributed by atoms with Crippen LogP contribution in [0.1, 0.15) is 48.5 Å². The Bertz CT molecular complexity index is 1700. The van der Waals surface area contributed by atoms with E-state index in [4.69, 9.17) is 29.3 Å². The number of hydrogen-bond acceptors (Lipinski definition) is 8. The predicted molar refractivity (Wildman–Crippen MR) is 179 cm³/mol. The first-order valence-corrected chi connectivity index (χ1v) is 16.5. The van der Waals surface area contributed by atoms with Crippen molar-refractivity contribution >= 4 is 45.1 Å². The fraction of sp³-hybridized carbons (Fsp3) is 0.333. The lowest BCUT2D eigenvalue weighted by molar-refractivity contribution is -0.159. The van der Waals surface area contributed by atoms with E-state index in [9.17, 15) is 9.59 Å². The third-order valence-electron chi connectivity index (χ3n) is 8.25. The summed E-state index contributed by atoms with van der Waals surface area (Å²) in [4.78, 5) is 49.4. The Kier molecular flexibility index (Phi) is 11.2. The Hall–Kier alpha value is -4.74. The highest BCUT2D eigenvalue weighted by Crippen LogP contribution is 2.40. The molecule has 2 N–H and O–H groups in total. The number of carboxylic acids is 2.